The second-order valence-corrected chi connectivity index (χ2v) is 5.44. The fourth-order valence-corrected chi connectivity index (χ4v) is 2.34. The minimum absolute atomic E-state index is 0.0520. The van der Waals surface area contributed by atoms with Gasteiger partial charge in [0.25, 0.3) is 0 Å². The predicted octanol–water partition coefficient (Wildman–Crippen LogP) is 5.66. The summed E-state index contributed by atoms with van der Waals surface area (Å²) in [5.74, 6) is 0.426. The summed E-state index contributed by atoms with van der Waals surface area (Å²) in [6.45, 7) is 0. The van der Waals surface area contributed by atoms with Crippen molar-refractivity contribution >= 4 is 40.6 Å². The minimum Gasteiger partial charge on any atom is -0.495 e. The number of rotatable bonds is 3. The van der Waals surface area contributed by atoms with Crippen molar-refractivity contribution in [2.24, 2.45) is 0 Å². The highest BCUT2D eigenvalue weighted by Crippen LogP contribution is 2.36. The molecule has 0 saturated heterocycles. The van der Waals surface area contributed by atoms with E-state index in [0.29, 0.717) is 11.4 Å². The van der Waals surface area contributed by atoms with E-state index in [1.807, 2.05) is 0 Å². The number of methoxy groups -OCH3 is 1. The van der Waals surface area contributed by atoms with Crippen LogP contribution in [0.15, 0.2) is 36.4 Å². The Bertz CT molecular complexity index is 767. The van der Waals surface area contributed by atoms with Crippen LogP contribution in [0, 0.1) is 0 Å². The Labute approximate surface area is 145 Å². The number of alkyl halides is 3. The molecular weight excluding hydrogens is 368 g/mol. The first-order valence-corrected chi connectivity index (χ1v) is 7.24. The van der Waals surface area contributed by atoms with Crippen LogP contribution in [0.3, 0.4) is 0 Å². The normalized spacial score (nSPS) is 11.1. The van der Waals surface area contributed by atoms with E-state index in [1.165, 1.54) is 25.3 Å². The Kier molecular flexibility index (Phi) is 5.46. The molecule has 2 rings (SSSR count). The molecule has 0 spiro atoms. The number of benzene rings is 2. The van der Waals surface area contributed by atoms with Crippen molar-refractivity contribution in [3.8, 4) is 5.75 Å². The molecule has 0 saturated carbocycles. The molecule has 128 valence electrons. The van der Waals surface area contributed by atoms with E-state index >= 15 is 0 Å². The number of hydrogen-bond donors (Lipinski definition) is 2. The van der Waals surface area contributed by atoms with Gasteiger partial charge in [0.1, 0.15) is 5.75 Å². The van der Waals surface area contributed by atoms with E-state index < -0.39 is 22.8 Å². The van der Waals surface area contributed by atoms with Gasteiger partial charge in [0.2, 0.25) is 0 Å². The Morgan fingerprint density at radius 1 is 1.00 bits per heavy atom. The van der Waals surface area contributed by atoms with Crippen LogP contribution in [0.25, 0.3) is 0 Å². The van der Waals surface area contributed by atoms with Gasteiger partial charge in [-0.1, -0.05) is 23.2 Å². The number of ether oxygens (including phenoxy) is 1. The van der Waals surface area contributed by atoms with E-state index in [1.54, 1.807) is 6.07 Å². The summed E-state index contributed by atoms with van der Waals surface area (Å²) >= 11 is 11.4. The molecule has 0 aliphatic carbocycles. The van der Waals surface area contributed by atoms with Crippen molar-refractivity contribution in [2.45, 2.75) is 6.18 Å². The first-order valence-electron chi connectivity index (χ1n) is 6.49. The summed E-state index contributed by atoms with van der Waals surface area (Å²) < 4.78 is 43.3. The van der Waals surface area contributed by atoms with Crippen LogP contribution in [0.4, 0.5) is 29.3 Å². The van der Waals surface area contributed by atoms with E-state index in [9.17, 15) is 18.0 Å². The Morgan fingerprint density at radius 2 is 1.58 bits per heavy atom. The summed E-state index contributed by atoms with van der Waals surface area (Å²) in [5.41, 5.74) is -0.735. The molecule has 0 bridgehead atoms. The fraction of sp³-hybridized carbons (Fsp3) is 0.133. The molecule has 0 unspecified atom stereocenters. The molecule has 24 heavy (non-hydrogen) atoms. The summed E-state index contributed by atoms with van der Waals surface area (Å²) in [7, 11) is 1.44. The monoisotopic (exact) mass is 378 g/mol. The largest absolute Gasteiger partial charge is 0.495 e. The van der Waals surface area contributed by atoms with Crippen LogP contribution >= 0.6 is 23.2 Å². The number of halogens is 5. The lowest BCUT2D eigenvalue weighted by atomic mass is 10.2. The lowest BCUT2D eigenvalue weighted by molar-refractivity contribution is -0.137. The smallest absolute Gasteiger partial charge is 0.417 e. The summed E-state index contributed by atoms with van der Waals surface area (Å²) in [6, 6.07) is 6.87. The van der Waals surface area contributed by atoms with Gasteiger partial charge in [0.05, 0.1) is 22.7 Å². The standard InChI is InChI=1S/C15H11Cl2F3N2O2/c1-24-13-5-3-9(7-12(13)17)22-14(23)21-8-2-4-11(16)10(6-8)15(18,19)20/h2-7H,1H3,(H2,21,22,23). The number of anilines is 2. The number of carbonyl (C=O) groups is 1. The lowest BCUT2D eigenvalue weighted by Crippen LogP contribution is -2.20. The second-order valence-electron chi connectivity index (χ2n) is 4.62. The molecule has 0 heterocycles. The van der Waals surface area contributed by atoms with Gasteiger partial charge < -0.3 is 15.4 Å². The highest BCUT2D eigenvalue weighted by molar-refractivity contribution is 6.32. The van der Waals surface area contributed by atoms with E-state index in [2.05, 4.69) is 10.6 Å². The van der Waals surface area contributed by atoms with E-state index in [4.69, 9.17) is 27.9 Å². The van der Waals surface area contributed by atoms with Crippen molar-refractivity contribution < 1.29 is 22.7 Å². The molecule has 0 aliphatic heterocycles. The molecule has 2 aromatic carbocycles. The van der Waals surface area contributed by atoms with Gasteiger partial charge in [-0.3, -0.25) is 0 Å². The molecule has 0 fully saturated rings. The van der Waals surface area contributed by atoms with Gasteiger partial charge in [-0.25, -0.2) is 4.79 Å². The quantitative estimate of drug-likeness (QED) is 0.723. The van der Waals surface area contributed by atoms with Gasteiger partial charge in [-0.05, 0) is 36.4 Å². The maximum atomic E-state index is 12.8. The van der Waals surface area contributed by atoms with E-state index in [-0.39, 0.29) is 10.7 Å². The first kappa shape index (κ1) is 18.2. The van der Waals surface area contributed by atoms with Gasteiger partial charge in [0.15, 0.2) is 0 Å². The van der Waals surface area contributed by atoms with Crippen LogP contribution in [0.2, 0.25) is 10.0 Å². The summed E-state index contributed by atoms with van der Waals surface area (Å²) in [6.07, 6.45) is -4.62. The Morgan fingerprint density at radius 3 is 2.12 bits per heavy atom. The van der Waals surface area contributed by atoms with Crippen LogP contribution in [0.5, 0.6) is 5.75 Å². The highest BCUT2D eigenvalue weighted by Gasteiger charge is 2.33. The molecule has 0 aromatic heterocycles. The minimum atomic E-state index is -4.62. The van der Waals surface area contributed by atoms with Crippen molar-refractivity contribution in [1.82, 2.24) is 0 Å². The van der Waals surface area contributed by atoms with Crippen LogP contribution in [-0.2, 0) is 6.18 Å². The molecule has 2 aromatic rings. The second kappa shape index (κ2) is 7.19. The van der Waals surface area contributed by atoms with Crippen LogP contribution in [-0.4, -0.2) is 13.1 Å². The maximum absolute atomic E-state index is 12.8. The molecule has 0 atom stereocenters. The fourth-order valence-electron chi connectivity index (χ4n) is 1.86. The molecular formula is C15H11Cl2F3N2O2. The number of nitrogens with one attached hydrogen (secondary N) is 2. The van der Waals surface area contributed by atoms with Crippen LogP contribution in [0.1, 0.15) is 5.56 Å². The van der Waals surface area contributed by atoms with Crippen molar-refractivity contribution in [3.63, 3.8) is 0 Å². The first-order chi connectivity index (χ1) is 11.2. The zero-order valence-electron chi connectivity index (χ0n) is 12.2. The van der Waals surface area contributed by atoms with Crippen molar-refractivity contribution in [1.29, 1.82) is 0 Å². The average molecular weight is 379 g/mol. The third kappa shape index (κ3) is 4.46. The Hall–Kier alpha value is -2.12. The van der Waals surface area contributed by atoms with Gasteiger partial charge >= 0.3 is 12.2 Å². The molecule has 0 aliphatic rings. The third-order valence-electron chi connectivity index (χ3n) is 2.94. The third-order valence-corrected chi connectivity index (χ3v) is 3.56. The zero-order chi connectivity index (χ0) is 17.9. The topological polar surface area (TPSA) is 50.4 Å². The number of urea groups is 1. The molecule has 0 radical (unpaired) electrons. The van der Waals surface area contributed by atoms with E-state index in [0.717, 1.165) is 12.1 Å². The Balaban J connectivity index is 2.11. The maximum Gasteiger partial charge on any atom is 0.417 e. The SMILES string of the molecule is COc1ccc(NC(=O)Nc2ccc(Cl)c(C(F)(F)F)c2)cc1Cl. The number of hydrogen-bond acceptors (Lipinski definition) is 2. The molecule has 2 amide bonds. The zero-order valence-corrected chi connectivity index (χ0v) is 13.7. The van der Waals surface area contributed by atoms with Gasteiger partial charge in [-0.2, -0.15) is 13.2 Å². The van der Waals surface area contributed by atoms with Crippen LogP contribution < -0.4 is 15.4 Å². The van der Waals surface area contributed by atoms with Crippen molar-refractivity contribution in [3.05, 3.63) is 52.0 Å². The molecule has 9 heteroatoms. The summed E-state index contributed by atoms with van der Waals surface area (Å²) in [4.78, 5) is 11.9. The predicted molar refractivity (Wildman–Crippen MR) is 87.1 cm³/mol. The highest BCUT2D eigenvalue weighted by atomic mass is 35.5. The summed E-state index contributed by atoms with van der Waals surface area (Å²) in [5, 5.41) is 4.58. The van der Waals surface area contributed by atoms with Gasteiger partial charge in [0, 0.05) is 11.4 Å². The molecule has 4 nitrogen and oxygen atoms in total. The number of carbonyl (C=O) groups excluding carboxylic acids is 1. The lowest BCUT2D eigenvalue weighted by Gasteiger charge is -2.12. The number of amides is 2. The average Bonchev–Trinajstić information content (AvgIpc) is 2.48. The van der Waals surface area contributed by atoms with Gasteiger partial charge in [-0.15, -0.1) is 0 Å². The molecule has 2 N–H and O–H groups in total. The van der Waals surface area contributed by atoms with Crippen molar-refractivity contribution in [2.75, 3.05) is 17.7 Å².